The molecule has 0 aromatic heterocycles. The predicted molar refractivity (Wildman–Crippen MR) is 72.7 cm³/mol. The van der Waals surface area contributed by atoms with Crippen LogP contribution >= 0.6 is 0 Å². The first kappa shape index (κ1) is 20.5. The Bertz CT molecular complexity index is 572. The maximum absolute atomic E-state index is 13.4. The summed E-state index contributed by atoms with van der Waals surface area (Å²) in [6, 6.07) is 0.209. The number of ether oxygens (including phenoxy) is 1. The Kier molecular flexibility index (Phi) is 7.26. The third-order valence-corrected chi connectivity index (χ3v) is 6.04. The second kappa shape index (κ2) is 8.51. The monoisotopic (exact) mass is 374 g/mol. The number of hydrogen-bond acceptors (Lipinski definition) is 5. The summed E-state index contributed by atoms with van der Waals surface area (Å²) in [6.45, 7) is -0.358. The van der Waals surface area contributed by atoms with Crippen molar-refractivity contribution in [1.29, 1.82) is 0 Å². The summed E-state index contributed by atoms with van der Waals surface area (Å²) in [6.07, 6.45) is 0.128. The summed E-state index contributed by atoms with van der Waals surface area (Å²) in [5.74, 6) is -12.9. The minimum absolute atomic E-state index is 0.128. The summed E-state index contributed by atoms with van der Waals surface area (Å²) in [5.41, 5.74) is -1.64. The topological polar surface area (TPSA) is 54.0 Å². The van der Waals surface area contributed by atoms with Crippen LogP contribution in [0.25, 0.3) is 0 Å². The predicted octanol–water partition coefficient (Wildman–Crippen LogP) is 2.81. The number of hydrogen-bond donors (Lipinski definition) is 0. The molecule has 0 spiro atoms. The molecule has 0 fully saturated rings. The van der Waals surface area contributed by atoms with Crippen LogP contribution < -0.4 is 0 Å². The first-order valence-electron chi connectivity index (χ1n) is 6.58. The maximum atomic E-state index is 13.4. The van der Waals surface area contributed by atoms with Crippen LogP contribution in [0.5, 0.6) is 0 Å². The highest BCUT2D eigenvalue weighted by Crippen LogP contribution is 2.24. The van der Waals surface area contributed by atoms with Gasteiger partial charge in [-0.3, -0.25) is 0 Å². The smallest absolute Gasteiger partial charge is 0.462 e. The zero-order valence-corrected chi connectivity index (χ0v) is 14.1. The van der Waals surface area contributed by atoms with Crippen LogP contribution in [0.4, 0.5) is 22.0 Å². The third kappa shape index (κ3) is 4.09. The molecule has 1 aromatic carbocycles. The highest BCUT2D eigenvalue weighted by atomic mass is 28.4. The van der Waals surface area contributed by atoms with Crippen molar-refractivity contribution in [3.8, 4) is 0 Å². The minimum Gasteiger partial charge on any atom is -0.462 e. The molecule has 0 amide bonds. The molecular weight excluding hydrogens is 359 g/mol. The lowest BCUT2D eigenvalue weighted by Crippen LogP contribution is -2.42. The molecule has 0 unspecified atom stereocenters. The van der Waals surface area contributed by atoms with E-state index in [4.69, 9.17) is 13.3 Å². The first-order chi connectivity index (χ1) is 11.2. The van der Waals surface area contributed by atoms with Gasteiger partial charge in [0.25, 0.3) is 0 Å². The Hall–Kier alpha value is -1.56. The molecule has 0 radical (unpaired) electrons. The lowest BCUT2D eigenvalue weighted by atomic mass is 10.1. The van der Waals surface area contributed by atoms with E-state index in [1.807, 2.05) is 0 Å². The second-order valence-corrected chi connectivity index (χ2v) is 7.57. The van der Waals surface area contributed by atoms with Gasteiger partial charge in [0.2, 0.25) is 5.82 Å². The maximum Gasteiger partial charge on any atom is 0.500 e. The first-order valence-corrected chi connectivity index (χ1v) is 8.51. The molecule has 0 bridgehead atoms. The fourth-order valence-electron chi connectivity index (χ4n) is 1.87. The van der Waals surface area contributed by atoms with E-state index in [0.29, 0.717) is 0 Å². The highest BCUT2D eigenvalue weighted by molar-refractivity contribution is 6.60. The van der Waals surface area contributed by atoms with Crippen molar-refractivity contribution in [3.63, 3.8) is 0 Å². The van der Waals surface area contributed by atoms with Crippen LogP contribution in [-0.2, 0) is 18.0 Å². The highest BCUT2D eigenvalue weighted by Gasteiger charge is 2.37. The van der Waals surface area contributed by atoms with Crippen molar-refractivity contribution in [1.82, 2.24) is 0 Å². The molecular formula is C13H15F5O5Si. The normalized spacial score (nSPS) is 11.7. The summed E-state index contributed by atoms with van der Waals surface area (Å²) in [4.78, 5) is 11.6. The molecule has 5 nitrogen and oxygen atoms in total. The van der Waals surface area contributed by atoms with Crippen LogP contribution in [-0.4, -0.2) is 42.7 Å². The fourth-order valence-corrected chi connectivity index (χ4v) is 3.56. The van der Waals surface area contributed by atoms with E-state index in [9.17, 15) is 26.7 Å². The van der Waals surface area contributed by atoms with E-state index in [1.54, 1.807) is 0 Å². The van der Waals surface area contributed by atoms with Crippen molar-refractivity contribution in [2.45, 2.75) is 12.5 Å². The quantitative estimate of drug-likeness (QED) is 0.175. The van der Waals surface area contributed by atoms with Gasteiger partial charge in [0.1, 0.15) is 5.56 Å². The van der Waals surface area contributed by atoms with E-state index >= 15 is 0 Å². The zero-order chi connectivity index (χ0) is 18.5. The number of carbonyl (C=O) groups is 1. The van der Waals surface area contributed by atoms with Crippen LogP contribution in [0.3, 0.4) is 0 Å². The van der Waals surface area contributed by atoms with E-state index < -0.39 is 49.4 Å². The molecule has 0 N–H and O–H groups in total. The average molecular weight is 374 g/mol. The Morgan fingerprint density at radius 1 is 0.833 bits per heavy atom. The number of halogens is 5. The Balaban J connectivity index is 2.77. The molecule has 136 valence electrons. The fraction of sp³-hybridized carbons (Fsp3) is 0.462. The SMILES string of the molecule is CO[Si](CCCOC(=O)c1c(F)c(F)c(F)c(F)c1F)(OC)OC. The second-order valence-electron chi connectivity index (χ2n) is 4.48. The Morgan fingerprint density at radius 2 is 1.25 bits per heavy atom. The van der Waals surface area contributed by atoms with Crippen LogP contribution in [0.1, 0.15) is 16.8 Å². The van der Waals surface area contributed by atoms with Crippen molar-refractivity contribution in [2.24, 2.45) is 0 Å². The average Bonchev–Trinajstić information content (AvgIpc) is 2.59. The summed E-state index contributed by atoms with van der Waals surface area (Å²) in [7, 11) is 1.16. The molecule has 0 atom stereocenters. The van der Waals surface area contributed by atoms with Crippen LogP contribution in [0.15, 0.2) is 0 Å². The van der Waals surface area contributed by atoms with E-state index in [-0.39, 0.29) is 19.1 Å². The number of rotatable bonds is 8. The van der Waals surface area contributed by atoms with Gasteiger partial charge in [-0.1, -0.05) is 0 Å². The van der Waals surface area contributed by atoms with Crippen LogP contribution in [0.2, 0.25) is 6.04 Å². The summed E-state index contributed by atoms with van der Waals surface area (Å²) < 4.78 is 85.7. The van der Waals surface area contributed by atoms with Crippen molar-refractivity contribution < 1.29 is 44.8 Å². The molecule has 0 heterocycles. The van der Waals surface area contributed by atoms with Gasteiger partial charge < -0.3 is 18.0 Å². The molecule has 11 heteroatoms. The van der Waals surface area contributed by atoms with Gasteiger partial charge in [-0.15, -0.1) is 0 Å². The van der Waals surface area contributed by atoms with Crippen LogP contribution in [0, 0.1) is 29.1 Å². The van der Waals surface area contributed by atoms with Gasteiger partial charge in [0.05, 0.1) is 6.61 Å². The molecule has 0 aliphatic rings. The number of benzene rings is 1. The Morgan fingerprint density at radius 3 is 1.67 bits per heavy atom. The van der Waals surface area contributed by atoms with Crippen molar-refractivity contribution >= 4 is 14.8 Å². The molecule has 0 aliphatic heterocycles. The number of carbonyl (C=O) groups excluding carboxylic acids is 1. The lowest BCUT2D eigenvalue weighted by Gasteiger charge is -2.24. The van der Waals surface area contributed by atoms with Gasteiger partial charge in [-0.2, -0.15) is 0 Å². The summed E-state index contributed by atoms with van der Waals surface area (Å²) in [5, 5.41) is 0. The minimum atomic E-state index is -2.92. The largest absolute Gasteiger partial charge is 0.500 e. The number of esters is 1. The van der Waals surface area contributed by atoms with Crippen molar-refractivity contribution in [3.05, 3.63) is 34.6 Å². The summed E-state index contributed by atoms with van der Waals surface area (Å²) >= 11 is 0. The lowest BCUT2D eigenvalue weighted by molar-refractivity contribution is 0.0478. The molecule has 1 rings (SSSR count). The van der Waals surface area contributed by atoms with Crippen molar-refractivity contribution in [2.75, 3.05) is 27.9 Å². The van der Waals surface area contributed by atoms with Gasteiger partial charge in [-0.25, -0.2) is 26.7 Å². The Labute approximate surface area is 135 Å². The molecule has 1 aromatic rings. The molecule has 0 saturated carbocycles. The van der Waals surface area contributed by atoms with Gasteiger partial charge in [0.15, 0.2) is 23.3 Å². The molecule has 0 saturated heterocycles. The zero-order valence-electron chi connectivity index (χ0n) is 13.1. The molecule has 0 aliphatic carbocycles. The van der Waals surface area contributed by atoms with Gasteiger partial charge in [0, 0.05) is 27.4 Å². The van der Waals surface area contributed by atoms with E-state index in [2.05, 4.69) is 4.74 Å². The van der Waals surface area contributed by atoms with Gasteiger partial charge >= 0.3 is 14.8 Å². The molecule has 24 heavy (non-hydrogen) atoms. The van der Waals surface area contributed by atoms with Gasteiger partial charge in [-0.05, 0) is 6.42 Å². The third-order valence-electron chi connectivity index (χ3n) is 3.21. The standard InChI is InChI=1S/C13H15F5O5Si/c1-20-24(21-2,22-3)6-4-5-23-13(19)7-8(14)10(16)12(18)11(17)9(7)15/h4-6H2,1-3H3. The van der Waals surface area contributed by atoms with E-state index in [1.165, 1.54) is 21.3 Å². The van der Waals surface area contributed by atoms with E-state index in [0.717, 1.165) is 0 Å².